The number of aromatic nitrogens is 5. The summed E-state index contributed by atoms with van der Waals surface area (Å²) >= 11 is 0. The Hall–Kier alpha value is -3.80. The van der Waals surface area contributed by atoms with Crippen LogP contribution in [0.15, 0.2) is 35.3 Å². The molecule has 0 aliphatic heterocycles. The van der Waals surface area contributed by atoms with Crippen LogP contribution in [-0.2, 0) is 11.2 Å². The van der Waals surface area contributed by atoms with Crippen LogP contribution in [0, 0.1) is 18.3 Å². The van der Waals surface area contributed by atoms with E-state index in [0.717, 1.165) is 0 Å². The van der Waals surface area contributed by atoms with Gasteiger partial charge in [-0.3, -0.25) is 9.59 Å². The molecule has 0 aliphatic carbocycles. The molecule has 0 atom stereocenters. The largest absolute Gasteiger partial charge is 0.359 e. The van der Waals surface area contributed by atoms with Crippen molar-refractivity contribution in [2.45, 2.75) is 13.3 Å². The lowest BCUT2D eigenvalue weighted by Gasteiger charge is -2.07. The average molecular weight is 349 g/mol. The highest BCUT2D eigenvalue weighted by atomic mass is 16.1. The van der Waals surface area contributed by atoms with Crippen LogP contribution < -0.4 is 10.9 Å². The standard InChI is InChI=1S/C17H15N7O2/c1-10-12(7-11(9-18)17(26)21-10)16-22-13(8-15(25)19-2)23-24(16)14-5-3-4-6-20-14/h3-7H,8H2,1-2H3,(H,19,25)(H,21,26). The smallest absolute Gasteiger partial charge is 0.266 e. The second-order valence-corrected chi connectivity index (χ2v) is 5.46. The van der Waals surface area contributed by atoms with E-state index in [-0.39, 0.29) is 17.9 Å². The van der Waals surface area contributed by atoms with Crippen LogP contribution in [0.1, 0.15) is 17.1 Å². The molecular weight excluding hydrogens is 334 g/mol. The van der Waals surface area contributed by atoms with E-state index in [1.807, 2.05) is 6.07 Å². The Bertz CT molecular complexity index is 1060. The number of aromatic amines is 1. The lowest BCUT2D eigenvalue weighted by atomic mass is 10.1. The van der Waals surface area contributed by atoms with Crippen molar-refractivity contribution in [3.05, 3.63) is 57.9 Å². The van der Waals surface area contributed by atoms with Crippen molar-refractivity contribution in [2.24, 2.45) is 0 Å². The van der Waals surface area contributed by atoms with Crippen molar-refractivity contribution in [2.75, 3.05) is 7.05 Å². The van der Waals surface area contributed by atoms with E-state index < -0.39 is 5.56 Å². The molecule has 9 nitrogen and oxygen atoms in total. The number of pyridine rings is 2. The Morgan fingerprint density at radius 2 is 2.23 bits per heavy atom. The van der Waals surface area contributed by atoms with Crippen LogP contribution in [0.3, 0.4) is 0 Å². The maximum absolute atomic E-state index is 11.8. The van der Waals surface area contributed by atoms with Gasteiger partial charge in [-0.25, -0.2) is 9.97 Å². The number of aryl methyl sites for hydroxylation is 1. The molecule has 2 N–H and O–H groups in total. The van der Waals surface area contributed by atoms with Crippen molar-refractivity contribution in [3.8, 4) is 23.3 Å². The highest BCUT2D eigenvalue weighted by Gasteiger charge is 2.19. The molecule has 0 fully saturated rings. The van der Waals surface area contributed by atoms with Crippen LogP contribution in [0.4, 0.5) is 0 Å². The number of rotatable bonds is 4. The first-order chi connectivity index (χ1) is 12.5. The number of likely N-dealkylation sites (N-methyl/N-ethyl adjacent to an activating group) is 1. The summed E-state index contributed by atoms with van der Waals surface area (Å²) in [6.07, 6.45) is 1.61. The number of nitrogens with zero attached hydrogens (tertiary/aromatic N) is 5. The van der Waals surface area contributed by atoms with Gasteiger partial charge in [-0.2, -0.15) is 9.94 Å². The summed E-state index contributed by atoms with van der Waals surface area (Å²) in [5, 5.41) is 16.0. The molecule has 9 heteroatoms. The molecule has 0 aliphatic rings. The number of hydrogen-bond acceptors (Lipinski definition) is 6. The zero-order chi connectivity index (χ0) is 18.7. The van der Waals surface area contributed by atoms with E-state index in [1.54, 1.807) is 31.3 Å². The Morgan fingerprint density at radius 1 is 1.42 bits per heavy atom. The zero-order valence-corrected chi connectivity index (χ0v) is 14.1. The predicted octanol–water partition coefficient (Wildman–Crippen LogP) is 0.486. The van der Waals surface area contributed by atoms with E-state index in [9.17, 15) is 9.59 Å². The molecule has 0 unspecified atom stereocenters. The van der Waals surface area contributed by atoms with Gasteiger partial charge in [0.25, 0.3) is 5.56 Å². The van der Waals surface area contributed by atoms with Crippen molar-refractivity contribution in [1.29, 1.82) is 5.26 Å². The van der Waals surface area contributed by atoms with E-state index in [0.29, 0.717) is 28.7 Å². The Balaban J connectivity index is 2.22. The normalized spacial score (nSPS) is 10.3. The summed E-state index contributed by atoms with van der Waals surface area (Å²) < 4.78 is 1.49. The van der Waals surface area contributed by atoms with Gasteiger partial charge in [0, 0.05) is 24.5 Å². The Labute approximate surface area is 148 Å². The van der Waals surface area contributed by atoms with Crippen molar-refractivity contribution in [1.82, 2.24) is 30.0 Å². The third kappa shape index (κ3) is 3.21. The minimum atomic E-state index is -0.469. The topological polar surface area (TPSA) is 129 Å². The SMILES string of the molecule is CNC(=O)Cc1nc(-c2cc(C#N)c(=O)[nH]c2C)n(-c2ccccn2)n1. The molecule has 0 spiro atoms. The molecule has 0 aromatic carbocycles. The summed E-state index contributed by atoms with van der Waals surface area (Å²) in [6.45, 7) is 1.70. The molecule has 0 saturated heterocycles. The minimum absolute atomic E-state index is 0.00313. The molecule has 3 aromatic rings. The van der Waals surface area contributed by atoms with E-state index in [2.05, 4.69) is 25.4 Å². The fourth-order valence-electron chi connectivity index (χ4n) is 2.41. The Kier molecular flexibility index (Phi) is 4.57. The summed E-state index contributed by atoms with van der Waals surface area (Å²) in [5.41, 5.74) is 0.560. The van der Waals surface area contributed by atoms with Gasteiger partial charge in [-0.1, -0.05) is 6.07 Å². The molecule has 0 bridgehead atoms. The lowest BCUT2D eigenvalue weighted by Crippen LogP contribution is -2.20. The zero-order valence-electron chi connectivity index (χ0n) is 14.1. The number of nitriles is 1. The van der Waals surface area contributed by atoms with Gasteiger partial charge in [0.05, 0.1) is 6.42 Å². The van der Waals surface area contributed by atoms with Gasteiger partial charge in [-0.15, -0.1) is 5.10 Å². The fraction of sp³-hybridized carbons (Fsp3) is 0.176. The second-order valence-electron chi connectivity index (χ2n) is 5.46. The van der Waals surface area contributed by atoms with Crippen LogP contribution in [0.5, 0.6) is 0 Å². The summed E-state index contributed by atoms with van der Waals surface area (Å²) in [7, 11) is 1.53. The predicted molar refractivity (Wildman–Crippen MR) is 92.4 cm³/mol. The number of nitrogens with one attached hydrogen (secondary N) is 2. The van der Waals surface area contributed by atoms with E-state index in [4.69, 9.17) is 5.26 Å². The molecule has 3 rings (SSSR count). The van der Waals surface area contributed by atoms with Crippen molar-refractivity contribution < 1.29 is 4.79 Å². The summed E-state index contributed by atoms with van der Waals surface area (Å²) in [6, 6.07) is 8.63. The van der Waals surface area contributed by atoms with E-state index in [1.165, 1.54) is 17.8 Å². The van der Waals surface area contributed by atoms with Crippen molar-refractivity contribution in [3.63, 3.8) is 0 Å². The Morgan fingerprint density at radius 3 is 2.88 bits per heavy atom. The summed E-state index contributed by atoms with van der Waals surface area (Å²) in [4.78, 5) is 34.8. The lowest BCUT2D eigenvalue weighted by molar-refractivity contribution is -0.120. The molecule has 26 heavy (non-hydrogen) atoms. The van der Waals surface area contributed by atoms with E-state index >= 15 is 0 Å². The maximum Gasteiger partial charge on any atom is 0.266 e. The first-order valence-electron chi connectivity index (χ1n) is 7.75. The molecule has 130 valence electrons. The monoisotopic (exact) mass is 349 g/mol. The second kappa shape index (κ2) is 6.98. The molecule has 0 radical (unpaired) electrons. The van der Waals surface area contributed by atoms with Gasteiger partial charge in [0.15, 0.2) is 17.5 Å². The average Bonchev–Trinajstić information content (AvgIpc) is 3.06. The quantitative estimate of drug-likeness (QED) is 0.705. The van der Waals surface area contributed by atoms with Crippen LogP contribution in [-0.4, -0.2) is 37.7 Å². The molecule has 3 aromatic heterocycles. The van der Waals surface area contributed by atoms with Gasteiger partial charge in [0.2, 0.25) is 5.91 Å². The van der Waals surface area contributed by atoms with Gasteiger partial charge in [0.1, 0.15) is 11.6 Å². The molecular formula is C17H15N7O2. The van der Waals surface area contributed by atoms with Crippen LogP contribution in [0.2, 0.25) is 0 Å². The van der Waals surface area contributed by atoms with Gasteiger partial charge >= 0.3 is 0 Å². The van der Waals surface area contributed by atoms with Gasteiger partial charge in [-0.05, 0) is 25.1 Å². The van der Waals surface area contributed by atoms with Crippen LogP contribution >= 0.6 is 0 Å². The number of hydrogen-bond donors (Lipinski definition) is 2. The third-order valence-electron chi connectivity index (χ3n) is 3.71. The van der Waals surface area contributed by atoms with Crippen molar-refractivity contribution >= 4 is 5.91 Å². The first-order valence-corrected chi connectivity index (χ1v) is 7.75. The molecule has 1 amide bonds. The fourth-order valence-corrected chi connectivity index (χ4v) is 2.41. The minimum Gasteiger partial charge on any atom is -0.359 e. The van der Waals surface area contributed by atoms with Gasteiger partial charge < -0.3 is 10.3 Å². The van der Waals surface area contributed by atoms with Crippen LogP contribution in [0.25, 0.3) is 17.2 Å². The maximum atomic E-state index is 11.8. The number of amides is 1. The molecule has 0 saturated carbocycles. The third-order valence-corrected chi connectivity index (χ3v) is 3.71. The highest BCUT2D eigenvalue weighted by Crippen LogP contribution is 2.23. The molecule has 3 heterocycles. The number of carbonyl (C=O) groups is 1. The highest BCUT2D eigenvalue weighted by molar-refractivity contribution is 5.77. The summed E-state index contributed by atoms with van der Waals surface area (Å²) in [5.74, 6) is 0.954. The number of carbonyl (C=O) groups excluding carboxylic acids is 1. The number of H-pyrrole nitrogens is 1. The first kappa shape index (κ1) is 17.0.